The first kappa shape index (κ1) is 21.3. The van der Waals surface area contributed by atoms with Crippen molar-refractivity contribution in [2.75, 3.05) is 13.6 Å². The summed E-state index contributed by atoms with van der Waals surface area (Å²) < 4.78 is 27.8. The number of rotatable bonds is 4. The molecule has 0 unspecified atom stereocenters. The number of likely N-dealkylation sites (N-methyl/N-ethyl adjacent to an activating group) is 1. The van der Waals surface area contributed by atoms with Crippen molar-refractivity contribution in [2.45, 2.75) is 30.2 Å². The molecule has 1 aromatic carbocycles. The molecule has 7 nitrogen and oxygen atoms in total. The number of aromatic nitrogens is 2. The van der Waals surface area contributed by atoms with Crippen molar-refractivity contribution in [3.8, 4) is 0 Å². The Balaban J connectivity index is 0.000000755. The van der Waals surface area contributed by atoms with Crippen molar-refractivity contribution >= 4 is 39.1 Å². The molecule has 4 rings (SSSR count). The van der Waals surface area contributed by atoms with Crippen LogP contribution >= 0.6 is 11.6 Å². The number of carboxylic acid groups (broad SMARTS) is 1. The van der Waals surface area contributed by atoms with Gasteiger partial charge in [0.25, 0.3) is 16.5 Å². The topological polar surface area (TPSA) is 92.5 Å². The van der Waals surface area contributed by atoms with Gasteiger partial charge < -0.3 is 10.0 Å². The quantitative estimate of drug-likeness (QED) is 0.632. The zero-order valence-corrected chi connectivity index (χ0v) is 17.5. The molecular formula is C20H22ClN3O4S. The van der Waals surface area contributed by atoms with Gasteiger partial charge in [-0.05, 0) is 62.7 Å². The summed E-state index contributed by atoms with van der Waals surface area (Å²) in [6, 6.07) is 10.5. The SMILES string of the molecule is CN1CCC[C@H]1Cc1cn(S(=O)(=O)c2ccccc2Cl)c2cccnc12.O=CO. The van der Waals surface area contributed by atoms with Crippen LogP contribution in [0.15, 0.2) is 53.7 Å². The number of nitrogens with zero attached hydrogens (tertiary/aromatic N) is 3. The van der Waals surface area contributed by atoms with Gasteiger partial charge in [-0.3, -0.25) is 9.78 Å². The van der Waals surface area contributed by atoms with Crippen LogP contribution < -0.4 is 0 Å². The highest BCUT2D eigenvalue weighted by Crippen LogP contribution is 2.30. The molecule has 154 valence electrons. The summed E-state index contributed by atoms with van der Waals surface area (Å²) in [6.07, 6.45) is 6.49. The van der Waals surface area contributed by atoms with Crippen LogP contribution in [-0.4, -0.2) is 53.5 Å². The van der Waals surface area contributed by atoms with E-state index in [-0.39, 0.29) is 16.4 Å². The van der Waals surface area contributed by atoms with Crippen LogP contribution in [-0.2, 0) is 21.2 Å². The molecule has 1 saturated heterocycles. The lowest BCUT2D eigenvalue weighted by Gasteiger charge is -2.18. The molecule has 1 atom stereocenters. The van der Waals surface area contributed by atoms with Crippen molar-refractivity contribution in [3.63, 3.8) is 0 Å². The lowest BCUT2D eigenvalue weighted by atomic mass is 10.1. The van der Waals surface area contributed by atoms with E-state index < -0.39 is 10.0 Å². The maximum atomic E-state index is 13.2. The largest absolute Gasteiger partial charge is 0.483 e. The summed E-state index contributed by atoms with van der Waals surface area (Å²) in [5, 5.41) is 7.11. The Morgan fingerprint density at radius 1 is 1.28 bits per heavy atom. The first-order valence-electron chi connectivity index (χ1n) is 9.13. The minimum absolute atomic E-state index is 0.104. The third-order valence-corrected chi connectivity index (χ3v) is 7.28. The number of hydrogen-bond acceptors (Lipinski definition) is 5. The van der Waals surface area contributed by atoms with Crippen molar-refractivity contribution in [3.05, 3.63) is 59.4 Å². The molecule has 0 bridgehead atoms. The zero-order valence-electron chi connectivity index (χ0n) is 15.9. The van der Waals surface area contributed by atoms with Gasteiger partial charge in [0, 0.05) is 18.4 Å². The van der Waals surface area contributed by atoms with Crippen molar-refractivity contribution in [1.82, 2.24) is 13.9 Å². The smallest absolute Gasteiger partial charge is 0.290 e. The van der Waals surface area contributed by atoms with E-state index in [0.717, 1.165) is 30.5 Å². The van der Waals surface area contributed by atoms with Gasteiger partial charge >= 0.3 is 0 Å². The molecule has 0 saturated carbocycles. The van der Waals surface area contributed by atoms with Gasteiger partial charge in [-0.1, -0.05) is 23.7 Å². The predicted octanol–water partition coefficient (Wildman–Crippen LogP) is 3.26. The molecule has 2 aromatic heterocycles. The Bertz CT molecular complexity index is 1110. The fraction of sp³-hybridized carbons (Fsp3) is 0.300. The molecule has 9 heteroatoms. The van der Waals surface area contributed by atoms with Gasteiger partial charge in [0.2, 0.25) is 0 Å². The molecule has 3 heterocycles. The lowest BCUT2D eigenvalue weighted by molar-refractivity contribution is -0.122. The summed E-state index contributed by atoms with van der Waals surface area (Å²) in [4.78, 5) is 15.3. The van der Waals surface area contributed by atoms with Crippen LogP contribution in [0.2, 0.25) is 5.02 Å². The van der Waals surface area contributed by atoms with E-state index >= 15 is 0 Å². The van der Waals surface area contributed by atoms with E-state index in [1.165, 1.54) is 16.5 Å². The molecule has 1 aliphatic heterocycles. The average molecular weight is 436 g/mol. The van der Waals surface area contributed by atoms with Crippen LogP contribution in [0.1, 0.15) is 18.4 Å². The van der Waals surface area contributed by atoms with Gasteiger partial charge in [-0.15, -0.1) is 0 Å². The Labute approximate surface area is 174 Å². The minimum Gasteiger partial charge on any atom is -0.483 e. The number of carbonyl (C=O) groups is 1. The predicted molar refractivity (Wildman–Crippen MR) is 112 cm³/mol. The third kappa shape index (κ3) is 4.29. The standard InChI is InChI=1S/C19H20ClN3O2S.CH2O2/c1-22-11-5-6-15(22)12-14-13-23(17-8-4-10-21-19(14)17)26(24,25)18-9-3-2-7-16(18)20;2-1-3/h2-4,7-10,13,15H,5-6,11-12H2,1H3;1H,(H,2,3)/t15-;/m0./s1. The fourth-order valence-corrected chi connectivity index (χ4v) is 5.57. The summed E-state index contributed by atoms with van der Waals surface area (Å²) in [5.74, 6) is 0. The van der Waals surface area contributed by atoms with E-state index in [2.05, 4.69) is 16.9 Å². The number of likely N-dealkylation sites (tertiary alicyclic amines) is 1. The van der Waals surface area contributed by atoms with E-state index in [0.29, 0.717) is 11.6 Å². The van der Waals surface area contributed by atoms with Crippen LogP contribution in [0, 0.1) is 0 Å². The molecule has 0 radical (unpaired) electrons. The van der Waals surface area contributed by atoms with E-state index in [1.54, 1.807) is 42.7 Å². The Hall–Kier alpha value is -2.42. The highest BCUT2D eigenvalue weighted by atomic mass is 35.5. The van der Waals surface area contributed by atoms with Crippen molar-refractivity contribution < 1.29 is 18.3 Å². The highest BCUT2D eigenvalue weighted by molar-refractivity contribution is 7.90. The summed E-state index contributed by atoms with van der Waals surface area (Å²) >= 11 is 6.16. The normalized spacial score (nSPS) is 17.1. The third-order valence-electron chi connectivity index (χ3n) is 5.10. The monoisotopic (exact) mass is 435 g/mol. The van der Waals surface area contributed by atoms with Crippen LogP contribution in [0.3, 0.4) is 0 Å². The molecular weight excluding hydrogens is 414 g/mol. The zero-order chi connectivity index (χ0) is 21.0. The van der Waals surface area contributed by atoms with Crippen LogP contribution in [0.5, 0.6) is 0 Å². The Kier molecular flexibility index (Phi) is 6.56. The first-order chi connectivity index (χ1) is 13.9. The van der Waals surface area contributed by atoms with Gasteiger partial charge in [-0.25, -0.2) is 12.4 Å². The van der Waals surface area contributed by atoms with E-state index in [4.69, 9.17) is 21.5 Å². The number of fused-ring (bicyclic) bond motifs is 1. The van der Waals surface area contributed by atoms with Gasteiger partial charge in [0.05, 0.1) is 16.1 Å². The molecule has 3 aromatic rings. The average Bonchev–Trinajstić information content (AvgIpc) is 3.27. The van der Waals surface area contributed by atoms with E-state index in [9.17, 15) is 8.42 Å². The molecule has 1 fully saturated rings. The number of hydrogen-bond donors (Lipinski definition) is 1. The maximum Gasteiger partial charge on any atom is 0.290 e. The molecule has 0 aliphatic carbocycles. The summed E-state index contributed by atoms with van der Waals surface area (Å²) in [5.41, 5.74) is 2.28. The fourth-order valence-electron chi connectivity index (χ4n) is 3.69. The number of benzene rings is 1. The minimum atomic E-state index is -3.79. The first-order valence-corrected chi connectivity index (χ1v) is 10.9. The summed E-state index contributed by atoms with van der Waals surface area (Å²) in [7, 11) is -1.68. The Morgan fingerprint density at radius 2 is 2.00 bits per heavy atom. The molecule has 1 N–H and O–H groups in total. The maximum absolute atomic E-state index is 13.2. The van der Waals surface area contributed by atoms with Crippen molar-refractivity contribution in [2.24, 2.45) is 0 Å². The highest BCUT2D eigenvalue weighted by Gasteiger charge is 2.27. The second-order valence-corrected chi connectivity index (χ2v) is 9.03. The second kappa shape index (κ2) is 8.94. The molecule has 0 amide bonds. The molecule has 29 heavy (non-hydrogen) atoms. The molecule has 0 spiro atoms. The van der Waals surface area contributed by atoms with Gasteiger partial charge in [-0.2, -0.15) is 0 Å². The van der Waals surface area contributed by atoms with Gasteiger partial charge in [0.1, 0.15) is 4.90 Å². The summed E-state index contributed by atoms with van der Waals surface area (Å²) in [6.45, 7) is 0.828. The lowest BCUT2D eigenvalue weighted by Crippen LogP contribution is -2.26. The molecule has 1 aliphatic rings. The van der Waals surface area contributed by atoms with Gasteiger partial charge in [0.15, 0.2) is 0 Å². The van der Waals surface area contributed by atoms with E-state index in [1.807, 2.05) is 0 Å². The van der Waals surface area contributed by atoms with Crippen LogP contribution in [0.4, 0.5) is 0 Å². The number of pyridine rings is 1. The van der Waals surface area contributed by atoms with Crippen molar-refractivity contribution in [1.29, 1.82) is 0 Å². The van der Waals surface area contributed by atoms with Crippen LogP contribution in [0.25, 0.3) is 11.0 Å². The second-order valence-electron chi connectivity index (χ2n) is 6.84. The Morgan fingerprint density at radius 3 is 2.66 bits per heavy atom. The number of halogens is 1.